The number of Topliss-reactive ketones (excluding diaryl/α,β-unsaturated/α-hetero) is 1. The fourth-order valence-corrected chi connectivity index (χ4v) is 1.68. The van der Waals surface area contributed by atoms with Gasteiger partial charge in [-0.05, 0) is 24.1 Å². The van der Waals surface area contributed by atoms with Crippen molar-refractivity contribution in [1.29, 1.82) is 0 Å². The molecule has 0 spiro atoms. The van der Waals surface area contributed by atoms with Crippen LogP contribution in [0.4, 0.5) is 0 Å². The summed E-state index contributed by atoms with van der Waals surface area (Å²) in [6.07, 6.45) is 1.64. The van der Waals surface area contributed by atoms with Crippen molar-refractivity contribution < 1.29 is 4.79 Å². The van der Waals surface area contributed by atoms with Gasteiger partial charge in [-0.15, -0.1) is 11.6 Å². The van der Waals surface area contributed by atoms with Crippen molar-refractivity contribution in [2.24, 2.45) is 0 Å². The summed E-state index contributed by atoms with van der Waals surface area (Å²) in [5.74, 6) is 0.696. The molecule has 0 aliphatic carbocycles. The van der Waals surface area contributed by atoms with E-state index in [0.29, 0.717) is 28.8 Å². The highest BCUT2D eigenvalue weighted by atomic mass is 35.5. The number of halogens is 3. The molecule has 0 saturated heterocycles. The first-order chi connectivity index (χ1) is 7.13. The van der Waals surface area contributed by atoms with Crippen molar-refractivity contribution in [1.82, 2.24) is 0 Å². The van der Waals surface area contributed by atoms with Crippen LogP contribution in [0.2, 0.25) is 10.0 Å². The lowest BCUT2D eigenvalue weighted by Gasteiger charge is -2.02. The van der Waals surface area contributed by atoms with Crippen molar-refractivity contribution >= 4 is 40.6 Å². The van der Waals surface area contributed by atoms with Gasteiger partial charge in [-0.1, -0.05) is 29.3 Å². The lowest BCUT2D eigenvalue weighted by molar-refractivity contribution is -0.118. The SMILES string of the molecule is O=C(CCCCl)Cc1ccc(Cl)c(Cl)c1. The average Bonchev–Trinajstić information content (AvgIpc) is 2.20. The van der Waals surface area contributed by atoms with Gasteiger partial charge in [-0.3, -0.25) is 4.79 Å². The third-order valence-electron chi connectivity index (χ3n) is 1.97. The molecule has 0 heterocycles. The van der Waals surface area contributed by atoms with Crippen molar-refractivity contribution in [3.63, 3.8) is 0 Å². The van der Waals surface area contributed by atoms with Gasteiger partial charge in [-0.2, -0.15) is 0 Å². The van der Waals surface area contributed by atoms with Crippen molar-refractivity contribution in [3.8, 4) is 0 Å². The summed E-state index contributed by atoms with van der Waals surface area (Å²) < 4.78 is 0. The number of hydrogen-bond donors (Lipinski definition) is 0. The molecule has 4 heteroatoms. The minimum atomic E-state index is 0.175. The summed E-state index contributed by atoms with van der Waals surface area (Å²) in [6, 6.07) is 5.24. The molecule has 0 radical (unpaired) electrons. The van der Waals surface area contributed by atoms with Crippen LogP contribution in [-0.4, -0.2) is 11.7 Å². The maximum atomic E-state index is 11.4. The van der Waals surface area contributed by atoms with Crippen molar-refractivity contribution in [2.75, 3.05) is 5.88 Å². The lowest BCUT2D eigenvalue weighted by atomic mass is 10.1. The molecule has 0 aliphatic heterocycles. The van der Waals surface area contributed by atoms with E-state index in [2.05, 4.69) is 0 Å². The number of hydrogen-bond acceptors (Lipinski definition) is 1. The first-order valence-corrected chi connectivity index (χ1v) is 5.94. The molecule has 0 fully saturated rings. The largest absolute Gasteiger partial charge is 0.299 e. The number of carbonyl (C=O) groups is 1. The van der Waals surface area contributed by atoms with Crippen LogP contribution in [0.15, 0.2) is 18.2 Å². The van der Waals surface area contributed by atoms with Crippen LogP contribution < -0.4 is 0 Å². The Morgan fingerprint density at radius 2 is 1.93 bits per heavy atom. The topological polar surface area (TPSA) is 17.1 Å². The molecule has 0 N–H and O–H groups in total. The normalized spacial score (nSPS) is 10.3. The maximum absolute atomic E-state index is 11.4. The van der Waals surface area contributed by atoms with E-state index in [9.17, 15) is 4.79 Å². The Labute approximate surface area is 104 Å². The van der Waals surface area contributed by atoms with E-state index in [0.717, 1.165) is 12.0 Å². The molecule has 0 atom stereocenters. The van der Waals surface area contributed by atoms with Crippen LogP contribution >= 0.6 is 34.8 Å². The van der Waals surface area contributed by atoms with Crippen LogP contribution in [0.3, 0.4) is 0 Å². The molecular weight excluding hydrogens is 254 g/mol. The molecule has 15 heavy (non-hydrogen) atoms. The van der Waals surface area contributed by atoms with E-state index in [1.807, 2.05) is 6.07 Å². The molecule has 0 aliphatic rings. The molecule has 1 rings (SSSR count). The van der Waals surface area contributed by atoms with Gasteiger partial charge >= 0.3 is 0 Å². The van der Waals surface area contributed by atoms with Gasteiger partial charge in [0.2, 0.25) is 0 Å². The maximum Gasteiger partial charge on any atom is 0.137 e. The predicted octanol–water partition coefficient (Wildman–Crippen LogP) is 4.12. The third kappa shape index (κ3) is 4.42. The zero-order chi connectivity index (χ0) is 11.3. The molecule has 1 aromatic rings. The quantitative estimate of drug-likeness (QED) is 0.732. The van der Waals surface area contributed by atoms with Gasteiger partial charge < -0.3 is 0 Å². The molecule has 1 aromatic carbocycles. The lowest BCUT2D eigenvalue weighted by Crippen LogP contribution is -2.02. The van der Waals surface area contributed by atoms with Crippen molar-refractivity contribution in [2.45, 2.75) is 19.3 Å². The minimum absolute atomic E-state index is 0.175. The second kappa shape index (κ2) is 6.37. The molecular formula is C11H11Cl3O. The third-order valence-corrected chi connectivity index (χ3v) is 2.98. The molecule has 0 saturated carbocycles. The average molecular weight is 266 g/mol. The van der Waals surface area contributed by atoms with Gasteiger partial charge in [0.15, 0.2) is 0 Å². The summed E-state index contributed by atoms with van der Waals surface area (Å²) in [5.41, 5.74) is 0.893. The zero-order valence-corrected chi connectivity index (χ0v) is 10.4. The Hall–Kier alpha value is -0.240. The van der Waals surface area contributed by atoms with E-state index < -0.39 is 0 Å². The Morgan fingerprint density at radius 1 is 1.20 bits per heavy atom. The fraction of sp³-hybridized carbons (Fsp3) is 0.364. The molecule has 82 valence electrons. The highest BCUT2D eigenvalue weighted by molar-refractivity contribution is 6.42. The van der Waals surface area contributed by atoms with Gasteiger partial charge in [0.1, 0.15) is 5.78 Å². The number of benzene rings is 1. The van der Waals surface area contributed by atoms with Crippen LogP contribution in [-0.2, 0) is 11.2 Å². The zero-order valence-electron chi connectivity index (χ0n) is 8.10. The second-order valence-corrected chi connectivity index (χ2v) is 4.45. The highest BCUT2D eigenvalue weighted by Gasteiger charge is 2.05. The van der Waals surface area contributed by atoms with E-state index in [1.54, 1.807) is 12.1 Å². The van der Waals surface area contributed by atoms with E-state index >= 15 is 0 Å². The summed E-state index contributed by atoms with van der Waals surface area (Å²) in [7, 11) is 0. The Morgan fingerprint density at radius 3 is 2.53 bits per heavy atom. The summed E-state index contributed by atoms with van der Waals surface area (Å²) in [6.45, 7) is 0. The molecule has 1 nitrogen and oxygen atoms in total. The highest BCUT2D eigenvalue weighted by Crippen LogP contribution is 2.23. The minimum Gasteiger partial charge on any atom is -0.299 e. The van der Waals surface area contributed by atoms with Crippen molar-refractivity contribution in [3.05, 3.63) is 33.8 Å². The standard InChI is InChI=1S/C11H11Cl3O/c12-5-1-2-9(15)6-8-3-4-10(13)11(14)7-8/h3-4,7H,1-2,5-6H2. The summed E-state index contributed by atoms with van der Waals surface area (Å²) in [5, 5.41) is 0.993. The number of carbonyl (C=O) groups excluding carboxylic acids is 1. The van der Waals surface area contributed by atoms with Gasteiger partial charge in [0, 0.05) is 18.7 Å². The van der Waals surface area contributed by atoms with Crippen LogP contribution in [0.5, 0.6) is 0 Å². The van der Waals surface area contributed by atoms with Gasteiger partial charge in [0.05, 0.1) is 10.0 Å². The molecule has 0 amide bonds. The molecule has 0 aromatic heterocycles. The Balaban J connectivity index is 2.57. The second-order valence-electron chi connectivity index (χ2n) is 3.26. The monoisotopic (exact) mass is 264 g/mol. The molecule has 0 bridgehead atoms. The number of rotatable bonds is 5. The fourth-order valence-electron chi connectivity index (χ4n) is 1.23. The summed E-state index contributed by atoms with van der Waals surface area (Å²) >= 11 is 17.1. The van der Waals surface area contributed by atoms with E-state index in [1.165, 1.54) is 0 Å². The predicted molar refractivity (Wildman–Crippen MR) is 65.1 cm³/mol. The molecule has 0 unspecified atom stereocenters. The van der Waals surface area contributed by atoms with Gasteiger partial charge in [-0.25, -0.2) is 0 Å². The number of alkyl halides is 1. The first kappa shape index (κ1) is 12.8. The smallest absolute Gasteiger partial charge is 0.137 e. The van der Waals surface area contributed by atoms with E-state index in [4.69, 9.17) is 34.8 Å². The Bertz CT molecular complexity index is 350. The Kier molecular flexibility index (Phi) is 5.44. The van der Waals surface area contributed by atoms with Gasteiger partial charge in [0.25, 0.3) is 0 Å². The van der Waals surface area contributed by atoms with Crippen LogP contribution in [0.1, 0.15) is 18.4 Å². The van der Waals surface area contributed by atoms with E-state index in [-0.39, 0.29) is 5.78 Å². The summed E-state index contributed by atoms with van der Waals surface area (Å²) in [4.78, 5) is 11.4. The number of ketones is 1. The van der Waals surface area contributed by atoms with Crippen LogP contribution in [0, 0.1) is 0 Å². The first-order valence-electron chi connectivity index (χ1n) is 4.65. The van der Waals surface area contributed by atoms with Crippen LogP contribution in [0.25, 0.3) is 0 Å².